The Morgan fingerprint density at radius 3 is 2.36 bits per heavy atom. The summed E-state index contributed by atoms with van der Waals surface area (Å²) in [5.74, 6) is 0. The summed E-state index contributed by atoms with van der Waals surface area (Å²) in [5, 5.41) is 0.782. The molecule has 0 aromatic heterocycles. The van der Waals surface area contributed by atoms with Crippen LogP contribution in [0.2, 0.25) is 6.04 Å². The van der Waals surface area contributed by atoms with Gasteiger partial charge in [0.25, 0.3) is 0 Å². The first-order valence-corrected chi connectivity index (χ1v) is 6.74. The lowest BCUT2D eigenvalue weighted by Crippen LogP contribution is -2.39. The fraction of sp³-hybridized carbons (Fsp3) is 0.250. The van der Waals surface area contributed by atoms with E-state index in [1.165, 1.54) is 0 Å². The van der Waals surface area contributed by atoms with E-state index in [1.54, 1.807) is 0 Å². The van der Waals surface area contributed by atoms with Crippen LogP contribution >= 0.6 is 11.1 Å². The quantitative estimate of drug-likeness (QED) is 0.497. The van der Waals surface area contributed by atoms with Gasteiger partial charge in [-0.1, -0.05) is 37.3 Å². The van der Waals surface area contributed by atoms with E-state index in [2.05, 4.69) is 0 Å². The van der Waals surface area contributed by atoms with Crippen LogP contribution < -0.4 is 5.19 Å². The number of hydrogen-bond donors (Lipinski definition) is 0. The average Bonchev–Trinajstić information content (AvgIpc) is 2.06. The summed E-state index contributed by atoms with van der Waals surface area (Å²) in [6, 6.07) is 9.77. The van der Waals surface area contributed by atoms with Gasteiger partial charge in [-0.3, -0.25) is 4.80 Å². The van der Waals surface area contributed by atoms with Gasteiger partial charge in [0.1, 0.15) is 0 Å². The Balaban J connectivity index is 2.93. The highest BCUT2D eigenvalue weighted by Crippen LogP contribution is 2.10. The van der Waals surface area contributed by atoms with E-state index >= 15 is 0 Å². The second-order valence-corrected chi connectivity index (χ2v) is 7.02. The number of halogens is 1. The van der Waals surface area contributed by atoms with E-state index in [4.69, 9.17) is 11.1 Å². The molecule has 11 heavy (non-hydrogen) atoms. The monoisotopic (exact) mass is 185 g/mol. The minimum absolute atomic E-state index is 0.540. The first-order chi connectivity index (χ1) is 5.17. The van der Waals surface area contributed by atoms with E-state index in [0.717, 1.165) is 5.19 Å². The molecular weight excluding hydrogens is 176 g/mol. The van der Waals surface area contributed by atoms with Crippen molar-refractivity contribution < 1.29 is 4.80 Å². The summed E-state index contributed by atoms with van der Waals surface area (Å²) in [7, 11) is -2.83. The second kappa shape index (κ2) is 3.39. The molecule has 0 aliphatic heterocycles. The second-order valence-electron chi connectivity index (χ2n) is 2.45. The highest BCUT2D eigenvalue weighted by atomic mass is 35.6. The van der Waals surface area contributed by atoms with Crippen LogP contribution in [0.4, 0.5) is 0 Å². The van der Waals surface area contributed by atoms with Crippen molar-refractivity contribution in [3.63, 3.8) is 0 Å². The van der Waals surface area contributed by atoms with Gasteiger partial charge in [0.2, 0.25) is 0 Å². The van der Waals surface area contributed by atoms with Gasteiger partial charge in [0.05, 0.1) is 0 Å². The van der Waals surface area contributed by atoms with E-state index in [1.807, 2.05) is 37.3 Å². The first kappa shape index (κ1) is 8.78. The number of hydrogen-bond acceptors (Lipinski definition) is 0. The third kappa shape index (κ3) is 2.06. The minimum atomic E-state index is -2.83. The van der Waals surface area contributed by atoms with Gasteiger partial charge >= 0.3 is 7.63 Å². The molecule has 1 radical (unpaired) electrons. The molecule has 0 N–H and O–H groups in total. The van der Waals surface area contributed by atoms with Crippen molar-refractivity contribution in [3.8, 4) is 0 Å². The normalized spacial score (nSPS) is 15.9. The van der Waals surface area contributed by atoms with Gasteiger partial charge in [0, 0.05) is 0 Å². The molecule has 0 saturated carbocycles. The summed E-state index contributed by atoms with van der Waals surface area (Å²) in [6.45, 7) is 1.85. The zero-order chi connectivity index (χ0) is 8.32. The smallest absolute Gasteiger partial charge is 0.271 e. The Kier molecular flexibility index (Phi) is 2.71. The molecule has 0 fully saturated rings. The van der Waals surface area contributed by atoms with Crippen molar-refractivity contribution >= 4 is 23.9 Å². The highest BCUT2D eigenvalue weighted by Gasteiger charge is 2.30. The standard InChI is InChI=1S/C8H10ClOSi/c1-2-11(9,10)8-6-4-3-5-7-8/h3-7H,2H2,1H3. The maximum absolute atomic E-state index is 11.6. The Bertz CT molecular complexity index is 223. The lowest BCUT2D eigenvalue weighted by atomic mass is 10.4. The van der Waals surface area contributed by atoms with Crippen molar-refractivity contribution in [2.75, 3.05) is 0 Å². The molecule has 0 bridgehead atoms. The molecule has 3 heteroatoms. The van der Waals surface area contributed by atoms with Crippen molar-refractivity contribution in [2.45, 2.75) is 13.0 Å². The molecule has 0 aliphatic rings. The lowest BCUT2D eigenvalue weighted by molar-refractivity contribution is 0.450. The Morgan fingerprint density at radius 2 is 1.91 bits per heavy atom. The maximum atomic E-state index is 11.6. The zero-order valence-electron chi connectivity index (χ0n) is 6.38. The molecule has 1 nitrogen and oxygen atoms in total. The van der Waals surface area contributed by atoms with Crippen LogP contribution in [0.3, 0.4) is 0 Å². The molecule has 0 heterocycles. The molecule has 1 unspecified atom stereocenters. The molecule has 0 amide bonds. The Hall–Kier alpha value is -0.313. The fourth-order valence-electron chi connectivity index (χ4n) is 0.891. The summed E-state index contributed by atoms with van der Waals surface area (Å²) >= 11 is 5.83. The molecule has 1 aromatic carbocycles. The topological polar surface area (TPSA) is 19.9 Å². The van der Waals surface area contributed by atoms with Crippen LogP contribution in [-0.4, -0.2) is 7.63 Å². The maximum Gasteiger partial charge on any atom is 0.360 e. The molecule has 1 atom stereocenters. The average molecular weight is 186 g/mol. The molecule has 0 saturated heterocycles. The SMILES string of the molecule is CC[Si]([O])(Cl)c1ccccc1. The van der Waals surface area contributed by atoms with Gasteiger partial charge in [0.15, 0.2) is 0 Å². The van der Waals surface area contributed by atoms with Gasteiger partial charge in [-0.05, 0) is 11.2 Å². The summed E-state index contributed by atoms with van der Waals surface area (Å²) in [4.78, 5) is 11.6. The predicted octanol–water partition coefficient (Wildman–Crippen LogP) is 2.02. The summed E-state index contributed by atoms with van der Waals surface area (Å²) in [6.07, 6.45) is 0. The Morgan fingerprint density at radius 1 is 1.36 bits per heavy atom. The van der Waals surface area contributed by atoms with Gasteiger partial charge < -0.3 is 0 Å². The van der Waals surface area contributed by atoms with Crippen molar-refractivity contribution in [2.24, 2.45) is 0 Å². The minimum Gasteiger partial charge on any atom is -0.271 e. The fourth-order valence-corrected chi connectivity index (χ4v) is 2.37. The molecule has 0 aliphatic carbocycles. The van der Waals surface area contributed by atoms with Crippen molar-refractivity contribution in [3.05, 3.63) is 30.3 Å². The molecule has 1 rings (SSSR count). The van der Waals surface area contributed by atoms with E-state index < -0.39 is 7.63 Å². The highest BCUT2D eigenvalue weighted by molar-refractivity contribution is 7.22. The van der Waals surface area contributed by atoms with E-state index in [9.17, 15) is 4.80 Å². The van der Waals surface area contributed by atoms with Crippen molar-refractivity contribution in [1.29, 1.82) is 0 Å². The van der Waals surface area contributed by atoms with Gasteiger partial charge in [-0.15, -0.1) is 11.1 Å². The number of rotatable bonds is 2. The largest absolute Gasteiger partial charge is 0.360 e. The third-order valence-corrected chi connectivity index (χ3v) is 5.22. The van der Waals surface area contributed by atoms with Crippen LogP contribution in [0, 0.1) is 0 Å². The molecule has 59 valence electrons. The molecule has 1 aromatic rings. The lowest BCUT2D eigenvalue weighted by Gasteiger charge is -2.11. The molecular formula is C8H10ClOSi. The number of benzene rings is 1. The third-order valence-electron chi connectivity index (χ3n) is 1.66. The molecule has 0 spiro atoms. The Labute approximate surface area is 72.5 Å². The van der Waals surface area contributed by atoms with Gasteiger partial charge in [-0.2, -0.15) is 0 Å². The van der Waals surface area contributed by atoms with Crippen LogP contribution in [0.5, 0.6) is 0 Å². The van der Waals surface area contributed by atoms with Crippen LogP contribution in [0.1, 0.15) is 6.92 Å². The van der Waals surface area contributed by atoms with Gasteiger partial charge in [-0.25, -0.2) is 0 Å². The zero-order valence-corrected chi connectivity index (χ0v) is 8.14. The summed E-state index contributed by atoms with van der Waals surface area (Å²) in [5.41, 5.74) is 0. The van der Waals surface area contributed by atoms with E-state index in [0.29, 0.717) is 6.04 Å². The van der Waals surface area contributed by atoms with E-state index in [-0.39, 0.29) is 0 Å². The predicted molar refractivity (Wildman–Crippen MR) is 48.9 cm³/mol. The van der Waals surface area contributed by atoms with Crippen LogP contribution in [0.25, 0.3) is 0 Å². The first-order valence-electron chi connectivity index (χ1n) is 3.61. The van der Waals surface area contributed by atoms with Crippen LogP contribution in [0.15, 0.2) is 30.3 Å². The summed E-state index contributed by atoms with van der Waals surface area (Å²) < 4.78 is 0. The van der Waals surface area contributed by atoms with Crippen LogP contribution in [-0.2, 0) is 4.80 Å². The van der Waals surface area contributed by atoms with Crippen molar-refractivity contribution in [1.82, 2.24) is 0 Å².